The molecule has 0 fully saturated rings. The fourth-order valence-electron chi connectivity index (χ4n) is 1.64. The number of nitrogens with one attached hydrogen (secondary N) is 1. The Morgan fingerprint density at radius 1 is 1.28 bits per heavy atom. The third-order valence-electron chi connectivity index (χ3n) is 2.49. The molecule has 0 bridgehead atoms. The van der Waals surface area contributed by atoms with Crippen molar-refractivity contribution in [2.75, 3.05) is 6.79 Å². The average molecular weight is 249 g/mol. The third kappa shape index (κ3) is 2.00. The number of hydrogen-bond acceptors (Lipinski definition) is 5. The van der Waals surface area contributed by atoms with Gasteiger partial charge >= 0.3 is 5.97 Å². The summed E-state index contributed by atoms with van der Waals surface area (Å²) in [6.07, 6.45) is 0. The van der Waals surface area contributed by atoms with Gasteiger partial charge < -0.3 is 19.7 Å². The number of aliphatic hydroxyl groups excluding tert-OH is 1. The van der Waals surface area contributed by atoms with Crippen LogP contribution in [0.1, 0.15) is 12.5 Å². The molecule has 1 aliphatic heterocycles. The summed E-state index contributed by atoms with van der Waals surface area (Å²) in [6, 6.07) is 4.65. The first-order chi connectivity index (χ1) is 8.50. The number of aliphatic carboxylic acids is 1. The molecule has 94 valence electrons. The van der Waals surface area contributed by atoms with Crippen LogP contribution in [0.4, 0.5) is 0 Å². The number of aliphatic hydroxyl groups is 1. The predicted octanol–water partition coefficient (Wildman–Crippen LogP) is 1.70. The van der Waals surface area contributed by atoms with E-state index in [4.69, 9.17) is 20.0 Å². The van der Waals surface area contributed by atoms with Crippen LogP contribution in [0.25, 0.3) is 0 Å². The van der Waals surface area contributed by atoms with Crippen molar-refractivity contribution in [1.82, 2.24) is 0 Å². The van der Waals surface area contributed by atoms with Crippen molar-refractivity contribution >= 4 is 11.7 Å². The number of hydrogen-bond donors (Lipinski definition) is 3. The molecule has 1 heterocycles. The predicted molar refractivity (Wildman–Crippen MR) is 62.4 cm³/mol. The quantitative estimate of drug-likeness (QED) is 0.430. The molecule has 0 aliphatic carbocycles. The van der Waals surface area contributed by atoms with Crippen LogP contribution in [-0.2, 0) is 4.79 Å². The molecule has 0 aromatic heterocycles. The van der Waals surface area contributed by atoms with Gasteiger partial charge in [0.15, 0.2) is 11.5 Å². The van der Waals surface area contributed by atoms with Gasteiger partial charge in [-0.3, -0.25) is 5.41 Å². The Bertz CT molecular complexity index is 558. The number of ether oxygens (including phenoxy) is 2. The maximum atomic E-state index is 11.0. The van der Waals surface area contributed by atoms with E-state index in [1.807, 2.05) is 0 Å². The molecule has 0 saturated carbocycles. The minimum Gasteiger partial charge on any atom is -0.512 e. The van der Waals surface area contributed by atoms with Crippen LogP contribution >= 0.6 is 0 Å². The van der Waals surface area contributed by atoms with Crippen molar-refractivity contribution < 1.29 is 24.5 Å². The van der Waals surface area contributed by atoms with Crippen molar-refractivity contribution in [3.05, 3.63) is 35.1 Å². The summed E-state index contributed by atoms with van der Waals surface area (Å²) in [6.45, 7) is 1.33. The van der Waals surface area contributed by atoms with Crippen molar-refractivity contribution in [2.24, 2.45) is 0 Å². The van der Waals surface area contributed by atoms with Gasteiger partial charge in [0.1, 0.15) is 11.3 Å². The van der Waals surface area contributed by atoms with Crippen molar-refractivity contribution in [2.45, 2.75) is 6.92 Å². The Morgan fingerprint density at radius 3 is 2.56 bits per heavy atom. The number of carboxylic acid groups (broad SMARTS) is 1. The molecule has 1 aromatic rings. The van der Waals surface area contributed by atoms with E-state index in [-0.39, 0.29) is 12.5 Å². The highest BCUT2D eigenvalue weighted by Gasteiger charge is 2.21. The molecule has 0 radical (unpaired) electrons. The lowest BCUT2D eigenvalue weighted by Crippen LogP contribution is -2.14. The largest absolute Gasteiger partial charge is 0.512 e. The van der Waals surface area contributed by atoms with Crippen LogP contribution in [-0.4, -0.2) is 28.7 Å². The first kappa shape index (κ1) is 12.0. The van der Waals surface area contributed by atoms with Gasteiger partial charge in [0.05, 0.1) is 5.71 Å². The van der Waals surface area contributed by atoms with E-state index in [2.05, 4.69) is 0 Å². The Morgan fingerprint density at radius 2 is 1.94 bits per heavy atom. The molecule has 3 N–H and O–H groups in total. The summed E-state index contributed by atoms with van der Waals surface area (Å²) in [5.74, 6) is -0.756. The number of carbonyl (C=O) groups is 1. The van der Waals surface area contributed by atoms with E-state index in [1.54, 1.807) is 12.1 Å². The van der Waals surface area contributed by atoms with Crippen molar-refractivity contribution in [1.29, 1.82) is 5.41 Å². The second-order valence-corrected chi connectivity index (χ2v) is 3.71. The van der Waals surface area contributed by atoms with Gasteiger partial charge in [-0.05, 0) is 25.1 Å². The second kappa shape index (κ2) is 4.40. The van der Waals surface area contributed by atoms with E-state index in [9.17, 15) is 9.90 Å². The first-order valence-electron chi connectivity index (χ1n) is 5.12. The highest BCUT2D eigenvalue weighted by molar-refractivity contribution is 6.25. The molecule has 1 aliphatic rings. The molecular formula is C12H11NO5. The van der Waals surface area contributed by atoms with E-state index < -0.39 is 17.3 Å². The topological polar surface area (TPSA) is 99.8 Å². The highest BCUT2D eigenvalue weighted by Crippen LogP contribution is 2.33. The SMILES string of the molecule is C/C(O)=C(/C(=N)c1ccc2c(c1)OCO2)C(=O)O. The molecule has 0 spiro atoms. The molecule has 0 amide bonds. The molecule has 2 rings (SSSR count). The minimum atomic E-state index is -1.35. The van der Waals surface area contributed by atoms with Crippen LogP contribution in [0.15, 0.2) is 29.5 Å². The Balaban J connectivity index is 2.40. The highest BCUT2D eigenvalue weighted by atomic mass is 16.7. The number of fused-ring (bicyclic) bond motifs is 1. The Kier molecular flexibility index (Phi) is 2.93. The zero-order valence-corrected chi connectivity index (χ0v) is 9.56. The standard InChI is InChI=1S/C12H11NO5/c1-6(14)10(12(15)16)11(13)7-2-3-8-9(4-7)18-5-17-8/h2-4,13-14H,5H2,1H3,(H,15,16)/b10-6+,13-11?. The summed E-state index contributed by atoms with van der Waals surface area (Å²) in [7, 11) is 0. The third-order valence-corrected chi connectivity index (χ3v) is 2.49. The lowest BCUT2D eigenvalue weighted by atomic mass is 10.0. The molecule has 6 heteroatoms. The summed E-state index contributed by atoms with van der Waals surface area (Å²) in [4.78, 5) is 11.0. The van der Waals surface area contributed by atoms with Crippen molar-refractivity contribution in [3.8, 4) is 11.5 Å². The van der Waals surface area contributed by atoms with Crippen LogP contribution in [0.3, 0.4) is 0 Å². The molecule has 0 unspecified atom stereocenters. The molecule has 6 nitrogen and oxygen atoms in total. The zero-order chi connectivity index (χ0) is 13.3. The van der Waals surface area contributed by atoms with Gasteiger partial charge in [-0.25, -0.2) is 4.79 Å². The normalized spacial score (nSPS) is 14.1. The molecular weight excluding hydrogens is 238 g/mol. The molecule has 1 aromatic carbocycles. The van der Waals surface area contributed by atoms with Crippen LogP contribution in [0.5, 0.6) is 11.5 Å². The number of benzene rings is 1. The van der Waals surface area contributed by atoms with Crippen LogP contribution in [0.2, 0.25) is 0 Å². The van der Waals surface area contributed by atoms with E-state index >= 15 is 0 Å². The number of carboxylic acids is 1. The smallest absolute Gasteiger partial charge is 0.341 e. The maximum absolute atomic E-state index is 11.0. The molecule has 0 saturated heterocycles. The fourth-order valence-corrected chi connectivity index (χ4v) is 1.64. The minimum absolute atomic E-state index is 0.104. The van der Waals surface area contributed by atoms with Crippen molar-refractivity contribution in [3.63, 3.8) is 0 Å². The van der Waals surface area contributed by atoms with Gasteiger partial charge in [-0.15, -0.1) is 0 Å². The summed E-state index contributed by atoms with van der Waals surface area (Å²) >= 11 is 0. The average Bonchev–Trinajstić information content (AvgIpc) is 2.74. The Hall–Kier alpha value is -2.50. The van der Waals surface area contributed by atoms with E-state index in [1.165, 1.54) is 13.0 Å². The second-order valence-electron chi connectivity index (χ2n) is 3.71. The number of allylic oxidation sites excluding steroid dienone is 1. The number of rotatable bonds is 3. The van der Waals surface area contributed by atoms with Gasteiger partial charge in [0.25, 0.3) is 0 Å². The molecule has 18 heavy (non-hydrogen) atoms. The fraction of sp³-hybridized carbons (Fsp3) is 0.167. The summed E-state index contributed by atoms with van der Waals surface area (Å²) in [5.41, 5.74) is -0.375. The van der Waals surface area contributed by atoms with Gasteiger partial charge in [-0.2, -0.15) is 0 Å². The molecule has 0 atom stereocenters. The van der Waals surface area contributed by atoms with E-state index in [0.29, 0.717) is 17.1 Å². The maximum Gasteiger partial charge on any atom is 0.341 e. The van der Waals surface area contributed by atoms with Gasteiger partial charge in [0.2, 0.25) is 6.79 Å². The Labute approximate surface area is 103 Å². The summed E-state index contributed by atoms with van der Waals surface area (Å²) < 4.78 is 10.3. The van der Waals surface area contributed by atoms with Gasteiger partial charge in [-0.1, -0.05) is 0 Å². The summed E-state index contributed by atoms with van der Waals surface area (Å²) in [5, 5.41) is 26.1. The monoisotopic (exact) mass is 249 g/mol. The lowest BCUT2D eigenvalue weighted by molar-refractivity contribution is -0.132. The van der Waals surface area contributed by atoms with Crippen LogP contribution < -0.4 is 9.47 Å². The first-order valence-corrected chi connectivity index (χ1v) is 5.12. The van der Waals surface area contributed by atoms with Crippen LogP contribution in [0, 0.1) is 5.41 Å². The van der Waals surface area contributed by atoms with E-state index in [0.717, 1.165) is 0 Å². The lowest BCUT2D eigenvalue weighted by Gasteiger charge is -2.07. The zero-order valence-electron chi connectivity index (χ0n) is 9.56. The van der Waals surface area contributed by atoms with Gasteiger partial charge in [0, 0.05) is 5.56 Å².